The van der Waals surface area contributed by atoms with Gasteiger partial charge in [-0.1, -0.05) is 99.3 Å². The van der Waals surface area contributed by atoms with Gasteiger partial charge in [-0.15, -0.1) is 0 Å². The van der Waals surface area contributed by atoms with Crippen molar-refractivity contribution in [2.45, 2.75) is 119 Å². The lowest BCUT2D eigenvalue weighted by molar-refractivity contribution is 0.160. The molecule has 4 unspecified atom stereocenters. The SMILES string of the molecule is CCCCCCCC1CCC(C)C(C)(C)CC(C)CCC(C)C1. The van der Waals surface area contributed by atoms with Crippen LogP contribution in [0, 0.1) is 29.1 Å². The molecule has 0 nitrogen and oxygen atoms in total. The molecule has 138 valence electrons. The standard InChI is InChI=1S/C23H46/c1-7-8-9-10-11-12-22-16-15-21(4)23(5,6)18-20(3)14-13-19(2)17-22/h19-22H,7-18H2,1-6H3. The Kier molecular flexibility index (Phi) is 9.86. The molecule has 0 saturated heterocycles. The van der Waals surface area contributed by atoms with Gasteiger partial charge in [0.2, 0.25) is 0 Å². The second kappa shape index (κ2) is 10.8. The second-order valence-electron chi connectivity index (χ2n) is 9.76. The van der Waals surface area contributed by atoms with Gasteiger partial charge in [-0.25, -0.2) is 0 Å². The molecule has 1 fully saturated rings. The smallest absolute Gasteiger partial charge is 0.0326 e. The van der Waals surface area contributed by atoms with E-state index in [-0.39, 0.29) is 0 Å². The summed E-state index contributed by atoms with van der Waals surface area (Å²) in [6, 6.07) is 0. The zero-order valence-corrected chi connectivity index (χ0v) is 17.3. The van der Waals surface area contributed by atoms with Gasteiger partial charge in [-0.2, -0.15) is 0 Å². The molecule has 0 N–H and O–H groups in total. The van der Waals surface area contributed by atoms with Crippen molar-refractivity contribution >= 4 is 0 Å². The minimum atomic E-state index is 0.526. The normalized spacial score (nSPS) is 33.1. The fraction of sp³-hybridized carbons (Fsp3) is 1.00. The molecule has 0 aliphatic heterocycles. The molecule has 0 aromatic heterocycles. The summed E-state index contributed by atoms with van der Waals surface area (Å²) in [6.07, 6.45) is 17.5. The summed E-state index contributed by atoms with van der Waals surface area (Å²) in [5.41, 5.74) is 0.526. The van der Waals surface area contributed by atoms with E-state index in [9.17, 15) is 0 Å². The fourth-order valence-corrected chi connectivity index (χ4v) is 4.75. The fourth-order valence-electron chi connectivity index (χ4n) is 4.75. The zero-order chi connectivity index (χ0) is 17.3. The molecule has 0 spiro atoms. The minimum absolute atomic E-state index is 0.526. The maximum Gasteiger partial charge on any atom is -0.0326 e. The summed E-state index contributed by atoms with van der Waals surface area (Å²) in [4.78, 5) is 0. The molecule has 23 heavy (non-hydrogen) atoms. The summed E-state index contributed by atoms with van der Waals surface area (Å²) in [5.74, 6) is 3.72. The molecule has 1 aliphatic carbocycles. The predicted octanol–water partition coefficient (Wildman–Crippen LogP) is 8.25. The van der Waals surface area contributed by atoms with Crippen LogP contribution in [0.2, 0.25) is 0 Å². The Morgan fingerprint density at radius 3 is 2.13 bits per heavy atom. The molecule has 0 heteroatoms. The summed E-state index contributed by atoms with van der Waals surface area (Å²) in [7, 11) is 0. The molecule has 0 heterocycles. The van der Waals surface area contributed by atoms with Crippen LogP contribution in [0.1, 0.15) is 119 Å². The first kappa shape index (κ1) is 21.0. The third-order valence-corrected chi connectivity index (χ3v) is 6.82. The van der Waals surface area contributed by atoms with Gasteiger partial charge in [0.15, 0.2) is 0 Å². The van der Waals surface area contributed by atoms with Crippen LogP contribution in [0.15, 0.2) is 0 Å². The van der Waals surface area contributed by atoms with E-state index in [2.05, 4.69) is 41.5 Å². The van der Waals surface area contributed by atoms with Crippen LogP contribution in [0.25, 0.3) is 0 Å². The molecule has 4 atom stereocenters. The molecule has 1 saturated carbocycles. The monoisotopic (exact) mass is 322 g/mol. The Morgan fingerprint density at radius 1 is 0.783 bits per heavy atom. The molecule has 0 amide bonds. The van der Waals surface area contributed by atoms with Crippen molar-refractivity contribution in [2.75, 3.05) is 0 Å². The van der Waals surface area contributed by atoms with Crippen molar-refractivity contribution in [2.24, 2.45) is 29.1 Å². The van der Waals surface area contributed by atoms with Crippen LogP contribution in [0.4, 0.5) is 0 Å². The van der Waals surface area contributed by atoms with Gasteiger partial charge in [0.1, 0.15) is 0 Å². The summed E-state index contributed by atoms with van der Waals surface area (Å²) < 4.78 is 0. The van der Waals surface area contributed by atoms with Crippen LogP contribution in [-0.2, 0) is 0 Å². The minimum Gasteiger partial charge on any atom is -0.0654 e. The Hall–Kier alpha value is 0. The van der Waals surface area contributed by atoms with E-state index >= 15 is 0 Å². The largest absolute Gasteiger partial charge is 0.0654 e. The first-order chi connectivity index (χ1) is 10.8. The van der Waals surface area contributed by atoms with Crippen molar-refractivity contribution in [3.05, 3.63) is 0 Å². The Bertz CT molecular complexity index is 290. The number of unbranched alkanes of at least 4 members (excludes halogenated alkanes) is 4. The molecule has 1 aliphatic rings. The highest BCUT2D eigenvalue weighted by atomic mass is 14.3. The third kappa shape index (κ3) is 8.59. The zero-order valence-electron chi connectivity index (χ0n) is 17.3. The maximum atomic E-state index is 2.52. The molecule has 1 rings (SSSR count). The predicted molar refractivity (Wildman–Crippen MR) is 106 cm³/mol. The van der Waals surface area contributed by atoms with Crippen molar-refractivity contribution < 1.29 is 0 Å². The molecule has 0 aromatic carbocycles. The topological polar surface area (TPSA) is 0 Å². The summed E-state index contributed by atoms with van der Waals surface area (Å²) in [6.45, 7) is 14.9. The van der Waals surface area contributed by atoms with E-state index < -0.39 is 0 Å². The number of hydrogen-bond acceptors (Lipinski definition) is 0. The van der Waals surface area contributed by atoms with Crippen molar-refractivity contribution in [1.82, 2.24) is 0 Å². The van der Waals surface area contributed by atoms with Gasteiger partial charge in [0.05, 0.1) is 0 Å². The van der Waals surface area contributed by atoms with E-state index in [1.54, 1.807) is 0 Å². The van der Waals surface area contributed by atoms with Crippen LogP contribution in [0.5, 0.6) is 0 Å². The van der Waals surface area contributed by atoms with Crippen LogP contribution >= 0.6 is 0 Å². The first-order valence-corrected chi connectivity index (χ1v) is 10.8. The Labute approximate surface area is 148 Å². The van der Waals surface area contributed by atoms with Gasteiger partial charge in [0, 0.05) is 0 Å². The number of rotatable bonds is 6. The van der Waals surface area contributed by atoms with Gasteiger partial charge in [-0.05, 0) is 48.3 Å². The lowest BCUT2D eigenvalue weighted by Crippen LogP contribution is -2.24. The van der Waals surface area contributed by atoms with E-state index in [4.69, 9.17) is 0 Å². The lowest BCUT2D eigenvalue weighted by Gasteiger charge is -2.35. The maximum absolute atomic E-state index is 2.52. The highest BCUT2D eigenvalue weighted by Crippen LogP contribution is 2.40. The van der Waals surface area contributed by atoms with Gasteiger partial charge < -0.3 is 0 Å². The van der Waals surface area contributed by atoms with Crippen molar-refractivity contribution in [1.29, 1.82) is 0 Å². The molecular weight excluding hydrogens is 276 g/mol. The molecular formula is C23H46. The van der Waals surface area contributed by atoms with Gasteiger partial charge >= 0.3 is 0 Å². The number of hydrogen-bond donors (Lipinski definition) is 0. The quantitative estimate of drug-likeness (QED) is 0.432. The van der Waals surface area contributed by atoms with E-state index in [0.717, 1.165) is 23.7 Å². The third-order valence-electron chi connectivity index (χ3n) is 6.82. The lowest BCUT2D eigenvalue weighted by atomic mass is 9.71. The van der Waals surface area contributed by atoms with Crippen LogP contribution in [-0.4, -0.2) is 0 Å². The summed E-state index contributed by atoms with van der Waals surface area (Å²) >= 11 is 0. The van der Waals surface area contributed by atoms with Crippen molar-refractivity contribution in [3.63, 3.8) is 0 Å². The van der Waals surface area contributed by atoms with Crippen LogP contribution < -0.4 is 0 Å². The van der Waals surface area contributed by atoms with Gasteiger partial charge in [0.25, 0.3) is 0 Å². The first-order valence-electron chi connectivity index (χ1n) is 10.8. The van der Waals surface area contributed by atoms with E-state index in [1.165, 1.54) is 77.0 Å². The highest BCUT2D eigenvalue weighted by molar-refractivity contribution is 4.80. The van der Waals surface area contributed by atoms with Crippen molar-refractivity contribution in [3.8, 4) is 0 Å². The highest BCUT2D eigenvalue weighted by Gasteiger charge is 2.29. The Morgan fingerprint density at radius 2 is 1.43 bits per heavy atom. The Balaban J connectivity index is 2.54. The second-order valence-corrected chi connectivity index (χ2v) is 9.76. The average Bonchev–Trinajstić information content (AvgIpc) is 2.49. The van der Waals surface area contributed by atoms with E-state index in [0.29, 0.717) is 5.41 Å². The summed E-state index contributed by atoms with van der Waals surface area (Å²) in [5, 5.41) is 0. The van der Waals surface area contributed by atoms with Crippen LogP contribution in [0.3, 0.4) is 0 Å². The van der Waals surface area contributed by atoms with Gasteiger partial charge in [-0.3, -0.25) is 0 Å². The molecule has 0 bridgehead atoms. The molecule has 0 aromatic rings. The average molecular weight is 323 g/mol. The van der Waals surface area contributed by atoms with E-state index in [1.807, 2.05) is 0 Å². The molecule has 0 radical (unpaired) electrons.